The molecule has 0 aromatic heterocycles. The van der Waals surface area contributed by atoms with Crippen molar-refractivity contribution in [3.8, 4) is 11.5 Å². The van der Waals surface area contributed by atoms with Crippen molar-refractivity contribution in [1.82, 2.24) is 5.32 Å². The van der Waals surface area contributed by atoms with Crippen LogP contribution >= 0.6 is 11.8 Å². The molecule has 2 heterocycles. The highest BCUT2D eigenvalue weighted by molar-refractivity contribution is 8.14. The quantitative estimate of drug-likeness (QED) is 0.479. The van der Waals surface area contributed by atoms with Crippen LogP contribution in [0.25, 0.3) is 0 Å². The van der Waals surface area contributed by atoms with Crippen LogP contribution in [0.5, 0.6) is 11.5 Å². The smallest absolute Gasteiger partial charge is 0.159 e. The van der Waals surface area contributed by atoms with Crippen molar-refractivity contribution in [2.45, 2.75) is 61.4 Å². The number of amidine groups is 1. The predicted molar refractivity (Wildman–Crippen MR) is 143 cm³/mol. The summed E-state index contributed by atoms with van der Waals surface area (Å²) in [5, 5.41) is 15.6. The number of aliphatic imine (C=N–C) groups is 1. The minimum atomic E-state index is -1.07. The van der Waals surface area contributed by atoms with Gasteiger partial charge in [-0.1, -0.05) is 48.2 Å². The van der Waals surface area contributed by atoms with Gasteiger partial charge in [-0.25, -0.2) is 0 Å². The number of thioether (sulfide) groups is 1. The van der Waals surface area contributed by atoms with Crippen molar-refractivity contribution < 1.29 is 28.8 Å². The lowest BCUT2D eigenvalue weighted by Gasteiger charge is -2.47. The number of rotatable bonds is 9. The SMILES string of the molecule is CNC1=N[C@H]2C(O[C@H](C3(O)CC=CC3)[C@@H](OCc3ccc(OC)cc3)[C@@H]2OCc2ccc(OC)cc2)S1. The van der Waals surface area contributed by atoms with Gasteiger partial charge in [-0.2, -0.15) is 0 Å². The van der Waals surface area contributed by atoms with E-state index >= 15 is 0 Å². The number of benzene rings is 2. The summed E-state index contributed by atoms with van der Waals surface area (Å²) in [4.78, 5) is 4.87. The molecule has 8 nitrogen and oxygen atoms in total. The lowest BCUT2D eigenvalue weighted by atomic mass is 9.84. The lowest BCUT2D eigenvalue weighted by molar-refractivity contribution is -0.242. The first-order valence-electron chi connectivity index (χ1n) is 12.5. The number of hydrogen-bond donors (Lipinski definition) is 2. The molecule has 0 spiro atoms. The van der Waals surface area contributed by atoms with E-state index < -0.39 is 23.9 Å². The van der Waals surface area contributed by atoms with Gasteiger partial charge in [0.05, 0.1) is 27.4 Å². The standard InChI is InChI=1S/C28H34N2O6S/c1-29-27-30-22-23(34-16-18-6-10-20(32-2)11-7-18)24(35-17-19-8-12-21(33-3)13-9-19)25(36-26(22)37-27)28(31)14-4-5-15-28/h4-13,22-26,31H,14-17H2,1-3H3,(H,29,30)/t22-,23-,24+,25+,26?/m1/s1. The number of nitrogens with one attached hydrogen (secondary N) is 1. The molecular weight excluding hydrogens is 492 g/mol. The predicted octanol–water partition coefficient (Wildman–Crippen LogP) is 3.67. The Hall–Kier alpha value is -2.56. The zero-order chi connectivity index (χ0) is 25.8. The van der Waals surface area contributed by atoms with E-state index in [2.05, 4.69) is 5.32 Å². The van der Waals surface area contributed by atoms with E-state index in [4.69, 9.17) is 28.7 Å². The third-order valence-electron chi connectivity index (χ3n) is 7.07. The van der Waals surface area contributed by atoms with Crippen LogP contribution in [0.3, 0.4) is 0 Å². The van der Waals surface area contributed by atoms with Crippen LogP contribution in [0, 0.1) is 0 Å². The molecule has 2 aliphatic heterocycles. The summed E-state index contributed by atoms with van der Waals surface area (Å²) in [6, 6.07) is 15.3. The third kappa shape index (κ3) is 5.66. The Bertz CT molecular complexity index is 1100. The van der Waals surface area contributed by atoms with Crippen molar-refractivity contribution in [1.29, 1.82) is 0 Å². The van der Waals surface area contributed by atoms with Gasteiger partial charge in [0.15, 0.2) is 5.17 Å². The van der Waals surface area contributed by atoms with E-state index in [1.165, 1.54) is 11.8 Å². The second-order valence-electron chi connectivity index (χ2n) is 9.45. The van der Waals surface area contributed by atoms with Crippen molar-refractivity contribution >= 4 is 16.9 Å². The topological polar surface area (TPSA) is 90.8 Å². The molecule has 1 saturated heterocycles. The van der Waals surface area contributed by atoms with E-state index in [1.807, 2.05) is 67.7 Å². The van der Waals surface area contributed by atoms with Crippen LogP contribution in [0.1, 0.15) is 24.0 Å². The van der Waals surface area contributed by atoms with Gasteiger partial charge in [-0.05, 0) is 48.2 Å². The highest BCUT2D eigenvalue weighted by Crippen LogP contribution is 2.44. The van der Waals surface area contributed by atoms with Gasteiger partial charge >= 0.3 is 0 Å². The maximum absolute atomic E-state index is 11.6. The molecule has 37 heavy (non-hydrogen) atoms. The van der Waals surface area contributed by atoms with Gasteiger partial charge < -0.3 is 34.1 Å². The second-order valence-corrected chi connectivity index (χ2v) is 10.5. The van der Waals surface area contributed by atoms with Crippen LogP contribution < -0.4 is 14.8 Å². The van der Waals surface area contributed by atoms with E-state index in [1.54, 1.807) is 14.2 Å². The summed E-state index contributed by atoms with van der Waals surface area (Å²) in [6.07, 6.45) is 3.47. The van der Waals surface area contributed by atoms with E-state index in [0.29, 0.717) is 26.1 Å². The molecule has 2 aromatic carbocycles. The average molecular weight is 527 g/mol. The molecule has 5 rings (SSSR count). The Balaban J connectivity index is 1.42. The monoisotopic (exact) mass is 526 g/mol. The van der Waals surface area contributed by atoms with Crippen molar-refractivity contribution in [2.75, 3.05) is 21.3 Å². The fourth-order valence-electron chi connectivity index (χ4n) is 4.98. The average Bonchev–Trinajstić information content (AvgIpc) is 3.57. The first-order chi connectivity index (χ1) is 18.0. The summed E-state index contributed by atoms with van der Waals surface area (Å²) in [5.41, 5.74) is 0.658. The van der Waals surface area contributed by atoms with Gasteiger partial charge in [0, 0.05) is 7.05 Å². The highest BCUT2D eigenvalue weighted by atomic mass is 32.2. The zero-order valence-electron chi connectivity index (χ0n) is 21.3. The van der Waals surface area contributed by atoms with Crippen LogP contribution in [0.15, 0.2) is 65.7 Å². The number of aliphatic hydroxyl groups is 1. The van der Waals surface area contributed by atoms with Gasteiger partial charge in [0.25, 0.3) is 0 Å². The van der Waals surface area contributed by atoms with Gasteiger partial charge in [0.1, 0.15) is 46.9 Å². The van der Waals surface area contributed by atoms with Crippen molar-refractivity contribution in [2.24, 2.45) is 4.99 Å². The van der Waals surface area contributed by atoms with Gasteiger partial charge in [0.2, 0.25) is 0 Å². The lowest BCUT2D eigenvalue weighted by Crippen LogP contribution is -2.63. The Morgan fingerprint density at radius 3 is 1.97 bits per heavy atom. The summed E-state index contributed by atoms with van der Waals surface area (Å²) in [7, 11) is 5.14. The molecule has 2 N–H and O–H groups in total. The van der Waals surface area contributed by atoms with Crippen molar-refractivity contribution in [3.63, 3.8) is 0 Å². The normalized spacial score (nSPS) is 28.0. The van der Waals surface area contributed by atoms with Gasteiger partial charge in [-0.15, -0.1) is 0 Å². The summed E-state index contributed by atoms with van der Waals surface area (Å²) in [5.74, 6) is 1.58. The zero-order valence-corrected chi connectivity index (χ0v) is 22.1. The Labute approximate surface area is 222 Å². The fourth-order valence-corrected chi connectivity index (χ4v) is 6.03. The number of fused-ring (bicyclic) bond motifs is 1. The fraction of sp³-hybridized carbons (Fsp3) is 0.464. The molecule has 1 fully saturated rings. The molecule has 0 radical (unpaired) electrons. The highest BCUT2D eigenvalue weighted by Gasteiger charge is 2.56. The summed E-state index contributed by atoms with van der Waals surface area (Å²) < 4.78 is 30.3. The molecule has 5 atom stereocenters. The van der Waals surface area contributed by atoms with E-state index in [-0.39, 0.29) is 11.5 Å². The third-order valence-corrected chi connectivity index (χ3v) is 8.22. The molecule has 2 aromatic rings. The molecule has 1 unspecified atom stereocenters. The molecule has 1 aliphatic carbocycles. The summed E-state index contributed by atoms with van der Waals surface area (Å²) >= 11 is 1.53. The Morgan fingerprint density at radius 2 is 1.46 bits per heavy atom. The van der Waals surface area contributed by atoms with Crippen LogP contribution in [0.2, 0.25) is 0 Å². The number of ether oxygens (including phenoxy) is 5. The number of methoxy groups -OCH3 is 2. The Kier molecular flexibility index (Phi) is 8.07. The molecule has 0 saturated carbocycles. The van der Waals surface area contributed by atoms with E-state index in [9.17, 15) is 5.11 Å². The maximum Gasteiger partial charge on any atom is 0.159 e. The molecular formula is C28H34N2O6S. The second kappa shape index (κ2) is 11.4. The summed E-state index contributed by atoms with van der Waals surface area (Å²) in [6.45, 7) is 0.715. The largest absolute Gasteiger partial charge is 0.497 e. The van der Waals surface area contributed by atoms with Crippen LogP contribution in [0.4, 0.5) is 0 Å². The first-order valence-corrected chi connectivity index (χ1v) is 13.3. The molecule has 0 amide bonds. The number of hydrogen-bond acceptors (Lipinski definition) is 9. The molecule has 198 valence electrons. The van der Waals surface area contributed by atoms with Crippen molar-refractivity contribution in [3.05, 3.63) is 71.8 Å². The minimum Gasteiger partial charge on any atom is -0.497 e. The number of nitrogens with zero attached hydrogens (tertiary/aromatic N) is 1. The first kappa shape index (κ1) is 26.1. The van der Waals surface area contributed by atoms with Crippen LogP contribution in [-0.2, 0) is 27.4 Å². The molecule has 0 bridgehead atoms. The molecule has 9 heteroatoms. The van der Waals surface area contributed by atoms with E-state index in [0.717, 1.165) is 27.8 Å². The van der Waals surface area contributed by atoms with Gasteiger partial charge in [-0.3, -0.25) is 4.99 Å². The Morgan fingerprint density at radius 1 is 0.919 bits per heavy atom. The molecule has 3 aliphatic rings. The maximum atomic E-state index is 11.6. The van der Waals surface area contributed by atoms with Crippen LogP contribution in [-0.4, -0.2) is 66.9 Å². The minimum absolute atomic E-state index is 0.277.